The van der Waals surface area contributed by atoms with Crippen LogP contribution in [0.4, 0.5) is 0 Å². The van der Waals surface area contributed by atoms with E-state index in [1.807, 2.05) is 29.6 Å². The lowest BCUT2D eigenvalue weighted by atomic mass is 10.0. The summed E-state index contributed by atoms with van der Waals surface area (Å²) in [5.74, 6) is 0.613. The Morgan fingerprint density at radius 1 is 1.00 bits per heavy atom. The van der Waals surface area contributed by atoms with Gasteiger partial charge in [-0.05, 0) is 35.7 Å². The molecular weight excluding hydrogens is 346 g/mol. The summed E-state index contributed by atoms with van der Waals surface area (Å²) in [5.41, 5.74) is 1.27. The first kappa shape index (κ1) is 18.3. The van der Waals surface area contributed by atoms with Gasteiger partial charge in [0, 0.05) is 29.1 Å². The summed E-state index contributed by atoms with van der Waals surface area (Å²) in [6.45, 7) is 1.40. The van der Waals surface area contributed by atoms with Crippen LogP contribution >= 0.6 is 11.3 Å². The van der Waals surface area contributed by atoms with E-state index >= 15 is 0 Å². The van der Waals surface area contributed by atoms with Crippen LogP contribution in [-0.2, 0) is 6.54 Å². The molecule has 0 amide bonds. The molecule has 5 heteroatoms. The monoisotopic (exact) mass is 367 g/mol. The van der Waals surface area contributed by atoms with Crippen molar-refractivity contribution in [3.8, 4) is 5.75 Å². The Morgan fingerprint density at radius 2 is 1.73 bits per heavy atom. The van der Waals surface area contributed by atoms with Crippen LogP contribution < -0.4 is 10.1 Å². The zero-order chi connectivity index (χ0) is 18.2. The number of ether oxygens (including phenoxy) is 1. The molecule has 1 aromatic heterocycles. The summed E-state index contributed by atoms with van der Waals surface area (Å²) < 4.78 is 5.60. The Morgan fingerprint density at radius 3 is 2.42 bits per heavy atom. The summed E-state index contributed by atoms with van der Waals surface area (Å²) in [6, 6.07) is 20.2. The Kier molecular flexibility index (Phi) is 6.55. The van der Waals surface area contributed by atoms with Gasteiger partial charge in [-0.3, -0.25) is 4.79 Å². The van der Waals surface area contributed by atoms with Crippen molar-refractivity contribution in [3.63, 3.8) is 0 Å². The lowest BCUT2D eigenvalue weighted by Crippen LogP contribution is -2.30. The van der Waals surface area contributed by atoms with Crippen molar-refractivity contribution in [2.75, 3.05) is 13.2 Å². The number of thiophene rings is 1. The number of hydrogen-bond donors (Lipinski definition) is 2. The average molecular weight is 367 g/mol. The fraction of sp³-hybridized carbons (Fsp3) is 0.190. The van der Waals surface area contributed by atoms with E-state index < -0.39 is 6.10 Å². The molecule has 0 bridgehead atoms. The molecule has 1 atom stereocenters. The van der Waals surface area contributed by atoms with E-state index in [0.717, 1.165) is 6.54 Å². The van der Waals surface area contributed by atoms with Gasteiger partial charge in [0.25, 0.3) is 0 Å². The zero-order valence-electron chi connectivity index (χ0n) is 14.3. The van der Waals surface area contributed by atoms with Crippen molar-refractivity contribution in [1.82, 2.24) is 5.32 Å². The van der Waals surface area contributed by atoms with Gasteiger partial charge < -0.3 is 15.2 Å². The molecule has 1 heterocycles. The first-order chi connectivity index (χ1) is 12.7. The number of ketones is 1. The topological polar surface area (TPSA) is 58.6 Å². The van der Waals surface area contributed by atoms with Gasteiger partial charge >= 0.3 is 0 Å². The highest BCUT2D eigenvalue weighted by Gasteiger charge is 2.09. The highest BCUT2D eigenvalue weighted by Crippen LogP contribution is 2.15. The SMILES string of the molecule is O=C(c1ccccc1)c1ccc(OC[C@@H](O)CNCc2cccs2)cc1. The number of aliphatic hydroxyl groups is 1. The molecule has 0 saturated carbocycles. The standard InChI is InChI=1S/C21H21NO3S/c23-18(13-22-14-20-7-4-12-26-20)15-25-19-10-8-17(9-11-19)21(24)16-5-2-1-3-6-16/h1-12,18,22-23H,13-15H2/t18-/m0/s1. The molecule has 3 rings (SSSR count). The zero-order valence-corrected chi connectivity index (χ0v) is 15.1. The van der Waals surface area contributed by atoms with Gasteiger partial charge in [0.2, 0.25) is 0 Å². The Balaban J connectivity index is 1.44. The molecule has 0 radical (unpaired) electrons. The van der Waals surface area contributed by atoms with Gasteiger partial charge in [0.05, 0.1) is 0 Å². The third kappa shape index (κ3) is 5.26. The van der Waals surface area contributed by atoms with E-state index in [0.29, 0.717) is 23.4 Å². The second kappa shape index (κ2) is 9.29. The van der Waals surface area contributed by atoms with Crippen LogP contribution in [0.2, 0.25) is 0 Å². The molecule has 0 unspecified atom stereocenters. The van der Waals surface area contributed by atoms with Crippen LogP contribution in [0.3, 0.4) is 0 Å². The van der Waals surface area contributed by atoms with Gasteiger partial charge in [-0.2, -0.15) is 0 Å². The second-order valence-corrected chi connectivity index (χ2v) is 6.93. The van der Waals surface area contributed by atoms with Crippen LogP contribution in [0.25, 0.3) is 0 Å². The Hall–Kier alpha value is -2.47. The second-order valence-electron chi connectivity index (χ2n) is 5.89. The number of rotatable bonds is 9. The van der Waals surface area contributed by atoms with Crippen molar-refractivity contribution in [2.24, 2.45) is 0 Å². The summed E-state index contributed by atoms with van der Waals surface area (Å²) in [7, 11) is 0. The first-order valence-corrected chi connectivity index (χ1v) is 9.34. The van der Waals surface area contributed by atoms with Crippen LogP contribution in [0, 0.1) is 0 Å². The molecule has 0 saturated heterocycles. The van der Waals surface area contributed by atoms with E-state index in [1.165, 1.54) is 4.88 Å². The van der Waals surface area contributed by atoms with Crippen molar-refractivity contribution in [2.45, 2.75) is 12.6 Å². The minimum Gasteiger partial charge on any atom is -0.491 e. The summed E-state index contributed by atoms with van der Waals surface area (Å²) in [6.07, 6.45) is -0.597. The number of carbonyl (C=O) groups excluding carboxylic acids is 1. The third-order valence-corrected chi connectivity index (χ3v) is 4.73. The molecule has 0 aliphatic rings. The lowest BCUT2D eigenvalue weighted by Gasteiger charge is -2.13. The Labute approximate surface area is 157 Å². The molecule has 134 valence electrons. The van der Waals surface area contributed by atoms with Crippen molar-refractivity contribution in [3.05, 3.63) is 88.1 Å². The largest absolute Gasteiger partial charge is 0.491 e. The van der Waals surface area contributed by atoms with Gasteiger partial charge in [0.15, 0.2) is 5.78 Å². The van der Waals surface area contributed by atoms with Gasteiger partial charge in [-0.25, -0.2) is 0 Å². The van der Waals surface area contributed by atoms with E-state index in [-0.39, 0.29) is 12.4 Å². The van der Waals surface area contributed by atoms with E-state index in [9.17, 15) is 9.90 Å². The smallest absolute Gasteiger partial charge is 0.193 e. The molecule has 0 fully saturated rings. The van der Waals surface area contributed by atoms with E-state index in [2.05, 4.69) is 11.4 Å². The summed E-state index contributed by atoms with van der Waals surface area (Å²) >= 11 is 1.68. The quantitative estimate of drug-likeness (QED) is 0.568. The fourth-order valence-electron chi connectivity index (χ4n) is 2.49. The predicted octanol–water partition coefficient (Wildman–Crippen LogP) is 3.51. The normalized spacial score (nSPS) is 11.9. The molecule has 0 aliphatic heterocycles. The highest BCUT2D eigenvalue weighted by molar-refractivity contribution is 7.09. The number of hydrogen-bond acceptors (Lipinski definition) is 5. The van der Waals surface area contributed by atoms with Gasteiger partial charge in [-0.1, -0.05) is 36.4 Å². The first-order valence-electron chi connectivity index (χ1n) is 8.46. The molecule has 26 heavy (non-hydrogen) atoms. The highest BCUT2D eigenvalue weighted by atomic mass is 32.1. The molecule has 3 aromatic rings. The van der Waals surface area contributed by atoms with Crippen molar-refractivity contribution >= 4 is 17.1 Å². The third-order valence-electron chi connectivity index (χ3n) is 3.85. The molecule has 0 aliphatic carbocycles. The van der Waals surface area contributed by atoms with Gasteiger partial charge in [-0.15, -0.1) is 11.3 Å². The lowest BCUT2D eigenvalue weighted by molar-refractivity contribution is 0.103. The maximum Gasteiger partial charge on any atom is 0.193 e. The number of benzene rings is 2. The van der Waals surface area contributed by atoms with Crippen LogP contribution in [0.1, 0.15) is 20.8 Å². The minimum atomic E-state index is -0.597. The number of nitrogens with one attached hydrogen (secondary N) is 1. The number of carbonyl (C=O) groups is 1. The minimum absolute atomic E-state index is 0.0186. The maximum atomic E-state index is 12.4. The summed E-state index contributed by atoms with van der Waals surface area (Å²) in [4.78, 5) is 13.6. The molecule has 2 N–H and O–H groups in total. The molecule has 2 aromatic carbocycles. The van der Waals surface area contributed by atoms with E-state index in [4.69, 9.17) is 4.74 Å². The molecule has 0 spiro atoms. The maximum absolute atomic E-state index is 12.4. The van der Waals surface area contributed by atoms with Crippen LogP contribution in [0.5, 0.6) is 5.75 Å². The number of aliphatic hydroxyl groups excluding tert-OH is 1. The predicted molar refractivity (Wildman–Crippen MR) is 104 cm³/mol. The van der Waals surface area contributed by atoms with Crippen LogP contribution in [0.15, 0.2) is 72.1 Å². The Bertz CT molecular complexity index is 801. The van der Waals surface area contributed by atoms with Gasteiger partial charge in [0.1, 0.15) is 18.5 Å². The van der Waals surface area contributed by atoms with Crippen molar-refractivity contribution in [1.29, 1.82) is 0 Å². The van der Waals surface area contributed by atoms with Crippen LogP contribution in [-0.4, -0.2) is 30.1 Å². The molecule has 4 nitrogen and oxygen atoms in total. The average Bonchev–Trinajstić information content (AvgIpc) is 3.20. The van der Waals surface area contributed by atoms with Crippen molar-refractivity contribution < 1.29 is 14.6 Å². The van der Waals surface area contributed by atoms with E-state index in [1.54, 1.807) is 47.7 Å². The molecular formula is C21H21NO3S. The fourth-order valence-corrected chi connectivity index (χ4v) is 3.16. The summed E-state index contributed by atoms with van der Waals surface area (Å²) in [5, 5.41) is 15.2.